The third kappa shape index (κ3) is 1.45. The highest BCUT2D eigenvalue weighted by Crippen LogP contribution is 2.41. The topological polar surface area (TPSA) is 45.4 Å². The van der Waals surface area contributed by atoms with Crippen LogP contribution in [0.15, 0.2) is 18.3 Å². The first-order chi connectivity index (χ1) is 7.71. The molecule has 1 aromatic rings. The van der Waals surface area contributed by atoms with Crippen LogP contribution in [-0.4, -0.2) is 42.6 Å². The van der Waals surface area contributed by atoms with Crippen molar-refractivity contribution in [2.75, 3.05) is 43.4 Å². The summed E-state index contributed by atoms with van der Waals surface area (Å²) in [5.74, 6) is 0.597. The van der Waals surface area contributed by atoms with Crippen molar-refractivity contribution < 1.29 is 0 Å². The zero-order valence-electron chi connectivity index (χ0n) is 9.69. The van der Waals surface area contributed by atoms with Crippen molar-refractivity contribution in [3.05, 3.63) is 18.3 Å². The third-order valence-electron chi connectivity index (χ3n) is 3.75. The molecule has 2 N–H and O–H groups in total. The number of anilines is 2. The first-order valence-electron chi connectivity index (χ1n) is 5.90. The Bertz CT molecular complexity index is 373. The second-order valence-corrected chi connectivity index (χ2v) is 5.10. The Balaban J connectivity index is 1.60. The summed E-state index contributed by atoms with van der Waals surface area (Å²) in [7, 11) is 0. The van der Waals surface area contributed by atoms with Crippen LogP contribution in [0.5, 0.6) is 0 Å². The zero-order valence-corrected chi connectivity index (χ0v) is 9.69. The van der Waals surface area contributed by atoms with Crippen LogP contribution in [0.4, 0.5) is 11.5 Å². The molecule has 3 rings (SSSR count). The van der Waals surface area contributed by atoms with Gasteiger partial charge in [0.15, 0.2) is 0 Å². The number of likely N-dealkylation sites (tertiary alicyclic amines) is 1. The maximum Gasteiger partial charge on any atom is 0.123 e. The Hall–Kier alpha value is -1.29. The van der Waals surface area contributed by atoms with Crippen LogP contribution in [0.1, 0.15) is 6.92 Å². The molecule has 86 valence electrons. The summed E-state index contributed by atoms with van der Waals surface area (Å²) >= 11 is 0. The quantitative estimate of drug-likeness (QED) is 0.797. The number of hydrogen-bond acceptors (Lipinski definition) is 4. The van der Waals surface area contributed by atoms with Crippen molar-refractivity contribution in [1.29, 1.82) is 0 Å². The van der Waals surface area contributed by atoms with Crippen molar-refractivity contribution in [2.24, 2.45) is 5.41 Å². The average molecular weight is 218 g/mol. The highest BCUT2D eigenvalue weighted by atomic mass is 15.3. The lowest BCUT2D eigenvalue weighted by Gasteiger charge is -2.61. The maximum atomic E-state index is 5.58. The minimum atomic E-state index is 0.581. The Morgan fingerprint density at radius 3 is 2.62 bits per heavy atom. The number of pyridine rings is 1. The molecule has 1 aromatic heterocycles. The number of hydrogen-bond donors (Lipinski definition) is 1. The predicted molar refractivity (Wildman–Crippen MR) is 65.4 cm³/mol. The lowest BCUT2D eigenvalue weighted by molar-refractivity contribution is -0.0178. The Labute approximate surface area is 96.1 Å². The summed E-state index contributed by atoms with van der Waals surface area (Å²) in [5.41, 5.74) is 7.36. The van der Waals surface area contributed by atoms with Crippen LogP contribution in [-0.2, 0) is 0 Å². The number of nitrogens with zero attached hydrogens (tertiary/aromatic N) is 3. The third-order valence-corrected chi connectivity index (χ3v) is 3.75. The van der Waals surface area contributed by atoms with Crippen molar-refractivity contribution in [3.8, 4) is 0 Å². The Morgan fingerprint density at radius 1 is 1.31 bits per heavy atom. The first-order valence-corrected chi connectivity index (χ1v) is 5.90. The number of rotatable bonds is 2. The van der Waals surface area contributed by atoms with E-state index in [0.29, 0.717) is 11.2 Å². The molecule has 1 spiro atoms. The summed E-state index contributed by atoms with van der Waals surface area (Å²) in [6.45, 7) is 8.30. The van der Waals surface area contributed by atoms with E-state index in [4.69, 9.17) is 5.73 Å². The molecule has 0 unspecified atom stereocenters. The number of nitrogen functional groups attached to an aromatic ring is 1. The van der Waals surface area contributed by atoms with Gasteiger partial charge in [0.2, 0.25) is 0 Å². The van der Waals surface area contributed by atoms with Gasteiger partial charge in [-0.2, -0.15) is 0 Å². The molecule has 2 aliphatic heterocycles. The average Bonchev–Trinajstić information content (AvgIpc) is 2.17. The maximum absolute atomic E-state index is 5.58. The van der Waals surface area contributed by atoms with Gasteiger partial charge in [-0.25, -0.2) is 4.98 Å². The summed E-state index contributed by atoms with van der Waals surface area (Å²) in [4.78, 5) is 9.02. The molecule has 0 aliphatic carbocycles. The fourth-order valence-corrected chi connectivity index (χ4v) is 2.86. The van der Waals surface area contributed by atoms with E-state index < -0.39 is 0 Å². The second-order valence-electron chi connectivity index (χ2n) is 5.10. The van der Waals surface area contributed by atoms with E-state index >= 15 is 0 Å². The van der Waals surface area contributed by atoms with E-state index in [1.165, 1.54) is 38.4 Å². The standard InChI is InChI=1S/C12H18N4/c1-2-15-6-12(7-15)8-16(9-12)10-3-4-11(13)14-5-10/h3-5H,2,6-9H2,1H3,(H2,13,14). The molecule has 4 nitrogen and oxygen atoms in total. The zero-order chi connectivity index (χ0) is 11.2. The molecule has 4 heteroatoms. The molecule has 2 saturated heterocycles. The van der Waals surface area contributed by atoms with E-state index in [0.717, 1.165) is 0 Å². The van der Waals surface area contributed by atoms with Gasteiger partial charge in [0.25, 0.3) is 0 Å². The largest absolute Gasteiger partial charge is 0.384 e. The molecule has 0 atom stereocenters. The molecular weight excluding hydrogens is 200 g/mol. The molecule has 2 aliphatic rings. The molecule has 2 fully saturated rings. The fourth-order valence-electron chi connectivity index (χ4n) is 2.86. The molecular formula is C12H18N4. The molecule has 0 aromatic carbocycles. The summed E-state index contributed by atoms with van der Waals surface area (Å²) in [5, 5.41) is 0. The number of nitrogens with two attached hydrogens (primary N) is 1. The van der Waals surface area contributed by atoms with Crippen LogP contribution < -0.4 is 10.6 Å². The van der Waals surface area contributed by atoms with Crippen molar-refractivity contribution in [3.63, 3.8) is 0 Å². The van der Waals surface area contributed by atoms with Crippen LogP contribution in [0.2, 0.25) is 0 Å². The fraction of sp³-hybridized carbons (Fsp3) is 0.583. The highest BCUT2D eigenvalue weighted by molar-refractivity contribution is 5.51. The van der Waals surface area contributed by atoms with Gasteiger partial charge >= 0.3 is 0 Å². The van der Waals surface area contributed by atoms with Gasteiger partial charge in [0, 0.05) is 31.6 Å². The first kappa shape index (κ1) is 9.90. The van der Waals surface area contributed by atoms with Crippen LogP contribution >= 0.6 is 0 Å². The predicted octanol–water partition coefficient (Wildman–Crippen LogP) is 0.806. The lowest BCUT2D eigenvalue weighted by atomic mass is 9.72. The minimum Gasteiger partial charge on any atom is -0.384 e. The van der Waals surface area contributed by atoms with E-state index in [-0.39, 0.29) is 0 Å². The van der Waals surface area contributed by atoms with Gasteiger partial charge in [0.1, 0.15) is 5.82 Å². The minimum absolute atomic E-state index is 0.581. The van der Waals surface area contributed by atoms with E-state index in [9.17, 15) is 0 Å². The SMILES string of the molecule is CCN1CC2(C1)CN(c1ccc(N)nc1)C2. The summed E-state index contributed by atoms with van der Waals surface area (Å²) < 4.78 is 0. The molecule has 0 bridgehead atoms. The Kier molecular flexibility index (Phi) is 2.07. The van der Waals surface area contributed by atoms with Crippen LogP contribution in [0, 0.1) is 5.41 Å². The molecule has 3 heterocycles. The van der Waals surface area contributed by atoms with Crippen molar-refractivity contribution >= 4 is 11.5 Å². The van der Waals surface area contributed by atoms with E-state index in [1.807, 2.05) is 12.3 Å². The van der Waals surface area contributed by atoms with Gasteiger partial charge in [0.05, 0.1) is 11.9 Å². The van der Waals surface area contributed by atoms with Crippen molar-refractivity contribution in [2.45, 2.75) is 6.92 Å². The molecule has 16 heavy (non-hydrogen) atoms. The van der Waals surface area contributed by atoms with Gasteiger partial charge in [-0.05, 0) is 18.7 Å². The van der Waals surface area contributed by atoms with Gasteiger partial charge in [-0.1, -0.05) is 6.92 Å². The highest BCUT2D eigenvalue weighted by Gasteiger charge is 2.51. The van der Waals surface area contributed by atoms with Crippen LogP contribution in [0.3, 0.4) is 0 Å². The monoisotopic (exact) mass is 218 g/mol. The van der Waals surface area contributed by atoms with Gasteiger partial charge in [-0.15, -0.1) is 0 Å². The van der Waals surface area contributed by atoms with Crippen LogP contribution in [0.25, 0.3) is 0 Å². The van der Waals surface area contributed by atoms with Gasteiger partial charge in [-0.3, -0.25) is 0 Å². The summed E-state index contributed by atoms with van der Waals surface area (Å²) in [6, 6.07) is 3.94. The van der Waals surface area contributed by atoms with E-state index in [2.05, 4.69) is 27.8 Å². The number of aromatic nitrogens is 1. The molecule has 0 saturated carbocycles. The second kappa shape index (κ2) is 3.35. The molecule has 0 amide bonds. The lowest BCUT2D eigenvalue weighted by Crippen LogP contribution is -2.72. The molecule has 0 radical (unpaired) electrons. The normalized spacial score (nSPS) is 22.9. The van der Waals surface area contributed by atoms with E-state index in [1.54, 1.807) is 0 Å². The summed E-state index contributed by atoms with van der Waals surface area (Å²) in [6.07, 6.45) is 1.87. The Morgan fingerprint density at radius 2 is 2.06 bits per heavy atom. The van der Waals surface area contributed by atoms with Crippen molar-refractivity contribution in [1.82, 2.24) is 9.88 Å². The van der Waals surface area contributed by atoms with Gasteiger partial charge < -0.3 is 15.5 Å². The smallest absolute Gasteiger partial charge is 0.123 e.